The van der Waals surface area contributed by atoms with Gasteiger partial charge < -0.3 is 48.1 Å². The first-order valence-electron chi connectivity index (χ1n) is 15.2. The minimum Gasteiger partial charge on any atom is -0.392 e. The summed E-state index contributed by atoms with van der Waals surface area (Å²) in [5.74, 6) is -34.2. The zero-order valence-corrected chi connectivity index (χ0v) is 30.0. The molecule has 0 aliphatic carbocycles. The third-order valence-corrected chi connectivity index (χ3v) is 7.71. The van der Waals surface area contributed by atoms with Gasteiger partial charge in [-0.15, -0.1) is 0 Å². The second kappa shape index (κ2) is 21.2. The van der Waals surface area contributed by atoms with Gasteiger partial charge in [-0.3, -0.25) is 47.9 Å². The number of hydrogen-bond donors (Lipinski definition) is 0. The van der Waals surface area contributed by atoms with E-state index in [2.05, 4.69) is 0 Å². The lowest BCUT2D eigenvalue weighted by Crippen LogP contribution is -2.62. The van der Waals surface area contributed by atoms with Crippen LogP contribution < -0.4 is 0 Å². The van der Waals surface area contributed by atoms with E-state index in [1.54, 1.807) is 0 Å². The molecule has 1 rings (SSSR count). The molecule has 0 spiro atoms. The van der Waals surface area contributed by atoms with E-state index in [-0.39, 0.29) is 48.1 Å². The topological polar surface area (TPSA) is 203 Å². The molecule has 10 amide bonds. The number of nitrogens with zero attached hydrogens (tertiary/aromatic N) is 10. The molecular weight excluding hydrogens is 735 g/mol. The Morgan fingerprint density at radius 2 is 0.431 bits per heavy atom. The summed E-state index contributed by atoms with van der Waals surface area (Å²) >= 11 is 0. The number of carbonyl (C=O) groups excluding carboxylic acids is 10. The largest absolute Gasteiger partial charge is 0.392 e. The lowest BCUT2D eigenvalue weighted by molar-refractivity contribution is -0.144. The molecule has 0 bridgehead atoms. The SMILES string of the molecule is [B]C1C(=O)N([B])C([B])C(=O)N([B])C([B])C(=O)N([B])C([B])C(=O)N([B])C([B])C(=O)N([B])C([B])C(=O)N([B])C([B])C(=O)N([B])C([B])C(=O)N([B])CC(=O)N([B])CC(=O)N1[B]. The van der Waals surface area contributed by atoms with Crippen LogP contribution in [0.3, 0.4) is 0 Å². The van der Waals surface area contributed by atoms with Crippen molar-refractivity contribution in [2.24, 2.45) is 0 Å². The van der Waals surface area contributed by atoms with Crippen LogP contribution >= 0.6 is 0 Å². The highest BCUT2D eigenvalue weighted by Gasteiger charge is 2.38. The van der Waals surface area contributed by atoms with Gasteiger partial charge in [-0.05, 0) is 0 Å². The first kappa shape index (κ1) is 51.9. The molecule has 256 valence electrons. The highest BCUT2D eigenvalue weighted by Crippen LogP contribution is 2.11. The Bertz CT molecular complexity index is 1660. The Hall–Kier alpha value is -4.13. The van der Waals surface area contributed by atoms with E-state index in [0.29, 0.717) is 0 Å². The van der Waals surface area contributed by atoms with E-state index in [0.717, 1.165) is 0 Å². The summed E-state index contributed by atoms with van der Waals surface area (Å²) in [5.41, 5.74) is 0. The number of carbonyl (C=O) groups is 10. The quantitative estimate of drug-likeness (QED) is 0.214. The Morgan fingerprint density at radius 3 is 0.655 bits per heavy atom. The predicted molar refractivity (Wildman–Crippen MR) is 212 cm³/mol. The first-order chi connectivity index (χ1) is 26.5. The molecule has 0 aromatic heterocycles. The average Bonchev–Trinajstić information content (AvgIpc) is 3.21. The summed E-state index contributed by atoms with van der Waals surface area (Å²) in [4.78, 5) is 128. The van der Waals surface area contributed by atoms with Crippen molar-refractivity contribution in [3.05, 3.63) is 0 Å². The summed E-state index contributed by atoms with van der Waals surface area (Å²) in [6.45, 7) is -2.35. The molecule has 1 saturated heterocycles. The fourth-order valence-corrected chi connectivity index (χ4v) is 3.94. The van der Waals surface area contributed by atoms with Crippen LogP contribution in [0.25, 0.3) is 0 Å². The van der Waals surface area contributed by atoms with Gasteiger partial charge in [0.05, 0.1) is 60.6 Å². The summed E-state index contributed by atoms with van der Waals surface area (Å²) in [7, 11) is 101. The Kier molecular flexibility index (Phi) is 19.0. The highest BCUT2D eigenvalue weighted by molar-refractivity contribution is 6.44. The number of amides is 10. The van der Waals surface area contributed by atoms with Crippen molar-refractivity contribution in [1.29, 1.82) is 0 Å². The molecule has 1 fully saturated rings. The summed E-state index contributed by atoms with van der Waals surface area (Å²) in [6, 6.07) is 0. The Labute approximate surface area is 357 Å². The van der Waals surface area contributed by atoms with Gasteiger partial charge in [0.1, 0.15) is 62.8 Å². The second-order valence-corrected chi connectivity index (χ2v) is 11.6. The van der Waals surface area contributed by atoms with Gasteiger partial charge in [0.15, 0.2) is 0 Å². The van der Waals surface area contributed by atoms with Crippen molar-refractivity contribution in [3.63, 3.8) is 0 Å². The molecule has 0 saturated carbocycles. The van der Waals surface area contributed by atoms with Crippen molar-refractivity contribution in [3.8, 4) is 0 Å². The molecule has 0 aromatic carbocycles. The fourth-order valence-electron chi connectivity index (χ4n) is 3.94. The molecule has 58 heavy (non-hydrogen) atoms. The minimum atomic E-state index is -2.38. The molecule has 1 aliphatic heterocycles. The molecule has 0 aromatic rings. The zero-order chi connectivity index (χ0) is 45.6. The molecular formula is C20H12B18N10O10. The summed E-state index contributed by atoms with van der Waals surface area (Å²) in [5, 5.41) is 0. The maximum atomic E-state index is 12.9. The average molecular weight is 747 g/mol. The van der Waals surface area contributed by atoms with E-state index in [9.17, 15) is 47.9 Å². The van der Waals surface area contributed by atoms with E-state index in [1.165, 1.54) is 0 Å². The van der Waals surface area contributed by atoms with Crippen molar-refractivity contribution in [1.82, 2.24) is 48.1 Å². The van der Waals surface area contributed by atoms with Crippen LogP contribution in [-0.2, 0) is 47.9 Å². The summed E-state index contributed by atoms with van der Waals surface area (Å²) < 4.78 is 0. The standard InChI is InChI=1S/C20H12B18N10O10/c21-5-13(51)40(30)1-3(49)39(29)2-4(50)41(31)6(22)14(52)43(33)8(24)16(54)45(35)10(26)18(56)47(37)12(28)20(58)48(38)11(27)19(57)46(36)9(25)17(55)44(34)7(23)15(53)42(5)32/h5-12H,1-2H2. The zero-order valence-electron chi connectivity index (χ0n) is 30.0. The molecule has 36 radical (unpaired) electrons. The van der Waals surface area contributed by atoms with Crippen molar-refractivity contribution in [2.45, 2.75) is 47.5 Å². The first-order valence-corrected chi connectivity index (χ1v) is 15.2. The van der Waals surface area contributed by atoms with E-state index in [1.807, 2.05) is 0 Å². The van der Waals surface area contributed by atoms with Gasteiger partial charge in [0.25, 0.3) is 0 Å². The van der Waals surface area contributed by atoms with Crippen LogP contribution in [-0.4, -0.2) is 310 Å². The van der Waals surface area contributed by atoms with Crippen LogP contribution in [0.15, 0.2) is 0 Å². The van der Waals surface area contributed by atoms with Crippen LogP contribution in [0, 0.1) is 0 Å². The molecule has 38 heteroatoms. The lowest BCUT2D eigenvalue weighted by Gasteiger charge is -2.40. The van der Waals surface area contributed by atoms with Crippen molar-refractivity contribution < 1.29 is 47.9 Å². The normalized spacial score (nSPS) is 29.1. The van der Waals surface area contributed by atoms with Gasteiger partial charge >= 0.3 is 0 Å². The van der Waals surface area contributed by atoms with Crippen LogP contribution in [0.2, 0.25) is 0 Å². The van der Waals surface area contributed by atoms with Gasteiger partial charge in [0.2, 0.25) is 139 Å². The van der Waals surface area contributed by atoms with Crippen molar-refractivity contribution in [2.75, 3.05) is 13.1 Å². The molecule has 1 heterocycles. The van der Waals surface area contributed by atoms with Gasteiger partial charge in [-0.1, -0.05) is 0 Å². The Morgan fingerprint density at radius 1 is 0.259 bits per heavy atom. The van der Waals surface area contributed by atoms with Crippen LogP contribution in [0.1, 0.15) is 0 Å². The predicted octanol–water partition coefficient (Wildman–Crippen LogP) is -14.9. The van der Waals surface area contributed by atoms with Crippen LogP contribution in [0.4, 0.5) is 0 Å². The molecule has 8 unspecified atom stereocenters. The maximum Gasteiger partial charge on any atom is 0.231 e. The fraction of sp³-hybridized carbons (Fsp3) is 0.500. The van der Waals surface area contributed by atoms with Crippen molar-refractivity contribution >= 4 is 202 Å². The summed E-state index contributed by atoms with van der Waals surface area (Å²) in [6.07, 6.45) is 0. The molecule has 0 N–H and O–H groups in total. The van der Waals surface area contributed by atoms with E-state index >= 15 is 0 Å². The van der Waals surface area contributed by atoms with E-state index in [4.69, 9.17) is 143 Å². The van der Waals surface area contributed by atoms with E-state index < -0.39 is 120 Å². The maximum absolute atomic E-state index is 12.9. The smallest absolute Gasteiger partial charge is 0.231 e. The minimum absolute atomic E-state index is 0.0161. The molecule has 8 atom stereocenters. The van der Waals surface area contributed by atoms with Gasteiger partial charge in [0, 0.05) is 0 Å². The number of hydrogen-bond acceptors (Lipinski definition) is 10. The highest BCUT2D eigenvalue weighted by atomic mass is 16.2. The molecule has 20 nitrogen and oxygen atoms in total. The monoisotopic (exact) mass is 750 g/mol. The van der Waals surface area contributed by atoms with Gasteiger partial charge in [-0.25, -0.2) is 0 Å². The van der Waals surface area contributed by atoms with Gasteiger partial charge in [-0.2, -0.15) is 0 Å². The molecule has 1 aliphatic rings. The number of rotatable bonds is 0. The third-order valence-electron chi connectivity index (χ3n) is 7.71. The lowest BCUT2D eigenvalue weighted by atomic mass is 9.80. The second-order valence-electron chi connectivity index (χ2n) is 11.6. The Balaban J connectivity index is 3.59. The van der Waals surface area contributed by atoms with Crippen LogP contribution in [0.5, 0.6) is 0 Å². The third kappa shape index (κ3) is 11.5.